The van der Waals surface area contributed by atoms with Gasteiger partial charge >= 0.3 is 0 Å². The van der Waals surface area contributed by atoms with Crippen LogP contribution in [-0.4, -0.2) is 68.1 Å². The van der Waals surface area contributed by atoms with Crippen molar-refractivity contribution >= 4 is 11.8 Å². The summed E-state index contributed by atoms with van der Waals surface area (Å²) in [6.45, 7) is 1.01. The lowest BCUT2D eigenvalue weighted by molar-refractivity contribution is -0.149. The van der Waals surface area contributed by atoms with Crippen molar-refractivity contribution in [2.45, 2.75) is 6.04 Å². The Morgan fingerprint density at radius 2 is 2.07 bits per heavy atom. The van der Waals surface area contributed by atoms with Gasteiger partial charge < -0.3 is 20.3 Å². The molecular formula is C9H17N3O3. The van der Waals surface area contributed by atoms with Crippen molar-refractivity contribution in [2.75, 3.05) is 40.4 Å². The average Bonchev–Trinajstić information content (AvgIpc) is 2.14. The third kappa shape index (κ3) is 3.17. The van der Waals surface area contributed by atoms with Crippen LogP contribution in [0.5, 0.6) is 0 Å². The van der Waals surface area contributed by atoms with Crippen LogP contribution in [0, 0.1) is 0 Å². The van der Waals surface area contributed by atoms with E-state index >= 15 is 0 Å². The van der Waals surface area contributed by atoms with E-state index in [2.05, 4.69) is 0 Å². The van der Waals surface area contributed by atoms with Gasteiger partial charge in [-0.1, -0.05) is 0 Å². The van der Waals surface area contributed by atoms with E-state index in [1.54, 1.807) is 14.2 Å². The second kappa shape index (κ2) is 5.09. The van der Waals surface area contributed by atoms with Crippen LogP contribution in [0.1, 0.15) is 0 Å². The van der Waals surface area contributed by atoms with Crippen molar-refractivity contribution < 1.29 is 14.3 Å². The Balaban J connectivity index is 2.48. The molecule has 0 spiro atoms. The Hall–Kier alpha value is -1.14. The fourth-order valence-corrected chi connectivity index (χ4v) is 1.48. The molecule has 1 unspecified atom stereocenters. The van der Waals surface area contributed by atoms with Gasteiger partial charge in [0.25, 0.3) is 0 Å². The summed E-state index contributed by atoms with van der Waals surface area (Å²) in [7, 11) is 3.17. The number of rotatable bonds is 4. The van der Waals surface area contributed by atoms with Gasteiger partial charge in [0.05, 0.1) is 19.7 Å². The van der Waals surface area contributed by atoms with Crippen molar-refractivity contribution in [3.63, 3.8) is 0 Å². The minimum Gasteiger partial charge on any atom is -0.383 e. The topological polar surface area (TPSA) is 75.9 Å². The number of likely N-dealkylation sites (N-methyl/N-ethyl adjacent to an activating group) is 1. The summed E-state index contributed by atoms with van der Waals surface area (Å²) in [5, 5.41) is 0. The Labute approximate surface area is 88.9 Å². The van der Waals surface area contributed by atoms with Crippen LogP contribution >= 0.6 is 0 Å². The lowest BCUT2D eigenvalue weighted by Crippen LogP contribution is -2.55. The second-order valence-electron chi connectivity index (χ2n) is 3.74. The highest BCUT2D eigenvalue weighted by Crippen LogP contribution is 2.03. The van der Waals surface area contributed by atoms with Crippen LogP contribution in [0.2, 0.25) is 0 Å². The van der Waals surface area contributed by atoms with Crippen molar-refractivity contribution in [1.29, 1.82) is 0 Å². The number of nitrogens with zero attached hydrogens (tertiary/aromatic N) is 2. The molecule has 2 amide bonds. The number of hydrogen-bond donors (Lipinski definition) is 1. The number of methoxy groups -OCH3 is 1. The molecule has 1 atom stereocenters. The van der Waals surface area contributed by atoms with Crippen LogP contribution in [-0.2, 0) is 14.3 Å². The zero-order chi connectivity index (χ0) is 11.4. The van der Waals surface area contributed by atoms with Gasteiger partial charge in [0.1, 0.15) is 0 Å². The molecule has 0 aromatic rings. The zero-order valence-corrected chi connectivity index (χ0v) is 9.10. The number of nitrogens with two attached hydrogens (primary N) is 1. The molecular weight excluding hydrogens is 198 g/mol. The van der Waals surface area contributed by atoms with Crippen molar-refractivity contribution in [2.24, 2.45) is 5.73 Å². The normalized spacial score (nSPS) is 19.7. The minimum atomic E-state index is -0.241. The number of amides is 2. The van der Waals surface area contributed by atoms with E-state index in [-0.39, 0.29) is 30.9 Å². The summed E-state index contributed by atoms with van der Waals surface area (Å²) in [5.41, 5.74) is 5.71. The van der Waals surface area contributed by atoms with Gasteiger partial charge in [0.2, 0.25) is 11.8 Å². The number of hydrogen-bond acceptors (Lipinski definition) is 4. The van der Waals surface area contributed by atoms with Crippen LogP contribution in [0.4, 0.5) is 0 Å². The van der Waals surface area contributed by atoms with Crippen LogP contribution < -0.4 is 5.73 Å². The molecule has 1 fully saturated rings. The molecule has 1 aliphatic heterocycles. The van der Waals surface area contributed by atoms with Crippen LogP contribution in [0.25, 0.3) is 0 Å². The first-order valence-corrected chi connectivity index (χ1v) is 4.81. The second-order valence-corrected chi connectivity index (χ2v) is 3.74. The summed E-state index contributed by atoms with van der Waals surface area (Å²) in [4.78, 5) is 25.8. The van der Waals surface area contributed by atoms with E-state index in [0.717, 1.165) is 0 Å². The van der Waals surface area contributed by atoms with Crippen LogP contribution in [0.15, 0.2) is 0 Å². The molecule has 2 N–H and O–H groups in total. The Bertz CT molecular complexity index is 257. The fourth-order valence-electron chi connectivity index (χ4n) is 1.48. The quantitative estimate of drug-likeness (QED) is 0.604. The molecule has 1 rings (SSSR count). The van der Waals surface area contributed by atoms with Gasteiger partial charge in [-0.15, -0.1) is 0 Å². The van der Waals surface area contributed by atoms with E-state index in [9.17, 15) is 9.59 Å². The third-order valence-electron chi connectivity index (χ3n) is 2.31. The maximum Gasteiger partial charge on any atom is 0.242 e. The largest absolute Gasteiger partial charge is 0.383 e. The van der Waals surface area contributed by atoms with Crippen molar-refractivity contribution in [3.05, 3.63) is 0 Å². The SMILES string of the molecule is COCC(N)CN1CC(=O)N(C)CC1=O. The molecule has 0 aromatic carbocycles. The van der Waals surface area contributed by atoms with Gasteiger partial charge in [-0.05, 0) is 0 Å². The first-order chi connectivity index (χ1) is 7.04. The fraction of sp³-hybridized carbons (Fsp3) is 0.778. The molecule has 0 bridgehead atoms. The molecule has 86 valence electrons. The molecule has 0 aromatic heterocycles. The number of carbonyl (C=O) groups excluding carboxylic acids is 2. The molecule has 1 aliphatic rings. The molecule has 6 heteroatoms. The summed E-state index contributed by atoms with van der Waals surface area (Å²) in [6.07, 6.45) is 0. The Morgan fingerprint density at radius 1 is 1.40 bits per heavy atom. The van der Waals surface area contributed by atoms with Crippen molar-refractivity contribution in [1.82, 2.24) is 9.80 Å². The molecule has 0 saturated carbocycles. The maximum atomic E-state index is 11.5. The summed E-state index contributed by atoms with van der Waals surface area (Å²) < 4.78 is 4.87. The van der Waals surface area contributed by atoms with E-state index < -0.39 is 0 Å². The maximum absolute atomic E-state index is 11.5. The monoisotopic (exact) mass is 215 g/mol. The molecule has 0 radical (unpaired) electrons. The van der Waals surface area contributed by atoms with Gasteiger partial charge in [-0.25, -0.2) is 0 Å². The molecule has 1 saturated heterocycles. The van der Waals surface area contributed by atoms with Gasteiger partial charge in [-0.2, -0.15) is 0 Å². The summed E-state index contributed by atoms with van der Waals surface area (Å²) in [6, 6.07) is -0.241. The minimum absolute atomic E-state index is 0.0563. The first-order valence-electron chi connectivity index (χ1n) is 4.81. The highest BCUT2D eigenvalue weighted by atomic mass is 16.5. The molecule has 15 heavy (non-hydrogen) atoms. The summed E-state index contributed by atoms with van der Waals surface area (Å²) in [5.74, 6) is -0.122. The smallest absolute Gasteiger partial charge is 0.242 e. The third-order valence-corrected chi connectivity index (χ3v) is 2.31. The van der Waals surface area contributed by atoms with E-state index in [0.29, 0.717) is 13.2 Å². The standard InChI is InChI=1S/C9H17N3O3/c1-11-4-9(14)12(5-8(11)13)3-7(10)6-15-2/h7H,3-6,10H2,1-2H3. The summed E-state index contributed by atoms with van der Waals surface area (Å²) >= 11 is 0. The lowest BCUT2D eigenvalue weighted by Gasteiger charge is -2.33. The highest BCUT2D eigenvalue weighted by Gasteiger charge is 2.28. The Morgan fingerprint density at radius 3 is 2.67 bits per heavy atom. The van der Waals surface area contributed by atoms with E-state index in [4.69, 9.17) is 10.5 Å². The van der Waals surface area contributed by atoms with Crippen LogP contribution in [0.3, 0.4) is 0 Å². The average molecular weight is 215 g/mol. The zero-order valence-electron chi connectivity index (χ0n) is 9.10. The number of ether oxygens (including phenoxy) is 1. The predicted molar refractivity (Wildman–Crippen MR) is 54.1 cm³/mol. The van der Waals surface area contributed by atoms with E-state index in [1.807, 2.05) is 0 Å². The number of carbonyl (C=O) groups is 2. The lowest BCUT2D eigenvalue weighted by atomic mass is 10.2. The first kappa shape index (κ1) is 11.9. The van der Waals surface area contributed by atoms with Gasteiger partial charge in [0, 0.05) is 26.7 Å². The molecule has 0 aliphatic carbocycles. The Kier molecular flexibility index (Phi) is 4.05. The van der Waals surface area contributed by atoms with E-state index in [1.165, 1.54) is 9.80 Å². The molecule has 6 nitrogen and oxygen atoms in total. The van der Waals surface area contributed by atoms with Crippen molar-refractivity contribution in [3.8, 4) is 0 Å². The molecule has 1 heterocycles. The predicted octanol–water partition coefficient (Wildman–Crippen LogP) is -1.74. The number of piperazine rings is 1. The highest BCUT2D eigenvalue weighted by molar-refractivity contribution is 5.92. The van der Waals surface area contributed by atoms with Gasteiger partial charge in [-0.3, -0.25) is 9.59 Å². The van der Waals surface area contributed by atoms with Gasteiger partial charge in [0.15, 0.2) is 0 Å².